The van der Waals surface area contributed by atoms with Gasteiger partial charge in [0.1, 0.15) is 5.82 Å². The number of nitrogens with one attached hydrogen (secondary N) is 2. The second kappa shape index (κ2) is 4.50. The van der Waals surface area contributed by atoms with E-state index in [0.717, 1.165) is 13.0 Å². The first-order valence-corrected chi connectivity index (χ1v) is 4.49. The van der Waals surface area contributed by atoms with Gasteiger partial charge in [0.2, 0.25) is 0 Å². The van der Waals surface area contributed by atoms with E-state index in [1.165, 1.54) is 6.07 Å². The van der Waals surface area contributed by atoms with Gasteiger partial charge in [0.05, 0.1) is 0 Å². The van der Waals surface area contributed by atoms with Crippen molar-refractivity contribution in [2.75, 3.05) is 18.0 Å². The van der Waals surface area contributed by atoms with Crippen molar-refractivity contribution >= 4 is 18.2 Å². The number of hydrogen-bond acceptors (Lipinski definition) is 4. The van der Waals surface area contributed by atoms with Crippen LogP contribution < -0.4 is 21.9 Å². The van der Waals surface area contributed by atoms with E-state index in [2.05, 4.69) is 9.97 Å². The van der Waals surface area contributed by atoms with Crippen LogP contribution in [0.3, 0.4) is 0 Å². The summed E-state index contributed by atoms with van der Waals surface area (Å²) >= 11 is 0. The van der Waals surface area contributed by atoms with Gasteiger partial charge in [-0.25, -0.2) is 4.79 Å². The Morgan fingerprint density at radius 3 is 2.67 bits per heavy atom. The summed E-state index contributed by atoms with van der Waals surface area (Å²) in [6, 6.07) is 1.50. The average Bonchev–Trinajstić information content (AvgIpc) is 2.50. The molecule has 0 radical (unpaired) electrons. The molecule has 1 aromatic heterocycles. The summed E-state index contributed by atoms with van der Waals surface area (Å²) in [6.45, 7) is 1.46. The first kappa shape index (κ1) is 11.8. The van der Waals surface area contributed by atoms with E-state index in [4.69, 9.17) is 5.73 Å². The molecule has 0 amide bonds. The van der Waals surface area contributed by atoms with E-state index in [1.54, 1.807) is 0 Å². The van der Waals surface area contributed by atoms with Gasteiger partial charge in [-0.15, -0.1) is 12.4 Å². The molecule has 1 unspecified atom stereocenters. The summed E-state index contributed by atoms with van der Waals surface area (Å²) in [5.41, 5.74) is 4.86. The van der Waals surface area contributed by atoms with Gasteiger partial charge in [-0.3, -0.25) is 14.8 Å². The third kappa shape index (κ3) is 2.60. The monoisotopic (exact) mass is 232 g/mol. The summed E-state index contributed by atoms with van der Waals surface area (Å²) in [4.78, 5) is 28.6. The van der Waals surface area contributed by atoms with Crippen LogP contribution in [0, 0.1) is 0 Å². The summed E-state index contributed by atoms with van der Waals surface area (Å²) in [6.07, 6.45) is 0.884. The highest BCUT2D eigenvalue weighted by molar-refractivity contribution is 5.85. The van der Waals surface area contributed by atoms with Crippen molar-refractivity contribution in [3.63, 3.8) is 0 Å². The fourth-order valence-electron chi connectivity index (χ4n) is 1.63. The quantitative estimate of drug-likeness (QED) is 0.580. The molecule has 2 heterocycles. The lowest BCUT2D eigenvalue weighted by molar-refractivity contribution is 0.751. The number of rotatable bonds is 1. The van der Waals surface area contributed by atoms with Crippen molar-refractivity contribution in [1.82, 2.24) is 9.97 Å². The standard InChI is InChI=1S/C8H12N4O2.ClH/c9-5-1-2-12(4-5)6-3-7(13)11-8(14)10-6;/h3,5H,1-2,4,9H2,(H2,10,11,13,14);1H. The van der Waals surface area contributed by atoms with E-state index in [9.17, 15) is 9.59 Å². The largest absolute Gasteiger partial charge is 0.356 e. The molecule has 84 valence electrons. The van der Waals surface area contributed by atoms with Gasteiger partial charge in [0, 0.05) is 25.2 Å². The van der Waals surface area contributed by atoms with Crippen molar-refractivity contribution in [2.45, 2.75) is 12.5 Å². The third-order valence-corrected chi connectivity index (χ3v) is 2.31. The fourth-order valence-corrected chi connectivity index (χ4v) is 1.63. The number of halogens is 1. The lowest BCUT2D eigenvalue weighted by Gasteiger charge is -2.16. The summed E-state index contributed by atoms with van der Waals surface area (Å²) < 4.78 is 0. The lowest BCUT2D eigenvalue weighted by atomic mass is 10.3. The van der Waals surface area contributed by atoms with Crippen molar-refractivity contribution < 1.29 is 0 Å². The topological polar surface area (TPSA) is 95.0 Å². The smallest absolute Gasteiger partial charge is 0.327 e. The molecule has 1 atom stereocenters. The predicted octanol–water partition coefficient (Wildman–Crippen LogP) is -0.978. The Kier molecular flexibility index (Phi) is 3.54. The predicted molar refractivity (Wildman–Crippen MR) is 59.7 cm³/mol. The molecule has 2 rings (SSSR count). The number of aromatic nitrogens is 2. The Hall–Kier alpha value is -1.27. The van der Waals surface area contributed by atoms with Crippen LogP contribution in [0.2, 0.25) is 0 Å². The van der Waals surface area contributed by atoms with Crippen LogP contribution in [0.1, 0.15) is 6.42 Å². The van der Waals surface area contributed by atoms with Gasteiger partial charge in [0.25, 0.3) is 5.56 Å². The Morgan fingerprint density at radius 1 is 1.40 bits per heavy atom. The van der Waals surface area contributed by atoms with Gasteiger partial charge in [-0.2, -0.15) is 0 Å². The molecule has 0 bridgehead atoms. The SMILES string of the molecule is Cl.NC1CCN(c2cc(=O)[nH]c(=O)[nH]2)C1. The summed E-state index contributed by atoms with van der Waals surface area (Å²) in [5, 5.41) is 0. The molecule has 4 N–H and O–H groups in total. The second-order valence-electron chi connectivity index (χ2n) is 3.47. The van der Waals surface area contributed by atoms with Crippen LogP contribution in [-0.2, 0) is 0 Å². The molecule has 0 spiro atoms. The van der Waals surface area contributed by atoms with E-state index in [-0.39, 0.29) is 24.0 Å². The molecular formula is C8H13ClN4O2. The van der Waals surface area contributed by atoms with E-state index >= 15 is 0 Å². The van der Waals surface area contributed by atoms with Gasteiger partial charge in [0.15, 0.2) is 0 Å². The number of nitrogens with zero attached hydrogens (tertiary/aromatic N) is 1. The molecule has 0 aliphatic carbocycles. The highest BCUT2D eigenvalue weighted by Crippen LogP contribution is 2.13. The minimum Gasteiger partial charge on any atom is -0.356 e. The number of anilines is 1. The zero-order chi connectivity index (χ0) is 10.1. The van der Waals surface area contributed by atoms with E-state index in [1.807, 2.05) is 4.90 Å². The van der Waals surface area contributed by atoms with E-state index < -0.39 is 5.69 Å². The Morgan fingerprint density at radius 2 is 2.13 bits per heavy atom. The van der Waals surface area contributed by atoms with Crippen molar-refractivity contribution in [2.24, 2.45) is 5.73 Å². The van der Waals surface area contributed by atoms with Crippen LogP contribution in [0.25, 0.3) is 0 Å². The highest BCUT2D eigenvalue weighted by atomic mass is 35.5. The van der Waals surface area contributed by atoms with Crippen LogP contribution in [0.15, 0.2) is 15.7 Å². The van der Waals surface area contributed by atoms with Crippen LogP contribution in [0.5, 0.6) is 0 Å². The molecule has 1 aromatic rings. The molecule has 1 saturated heterocycles. The first-order valence-electron chi connectivity index (χ1n) is 4.49. The maximum absolute atomic E-state index is 11.0. The molecule has 7 heteroatoms. The minimum atomic E-state index is -0.479. The first-order chi connectivity index (χ1) is 6.65. The van der Waals surface area contributed by atoms with Gasteiger partial charge in [-0.1, -0.05) is 0 Å². The Balaban J connectivity index is 0.00000112. The summed E-state index contributed by atoms with van der Waals surface area (Å²) in [7, 11) is 0. The Bertz CT molecular complexity index is 413. The molecular weight excluding hydrogens is 220 g/mol. The van der Waals surface area contributed by atoms with Crippen LogP contribution in [-0.4, -0.2) is 29.1 Å². The lowest BCUT2D eigenvalue weighted by Crippen LogP contribution is -2.31. The maximum Gasteiger partial charge on any atom is 0.327 e. The van der Waals surface area contributed by atoms with Gasteiger partial charge < -0.3 is 10.6 Å². The molecule has 1 fully saturated rings. The molecule has 0 aromatic carbocycles. The van der Waals surface area contributed by atoms with Crippen molar-refractivity contribution in [3.8, 4) is 0 Å². The zero-order valence-electron chi connectivity index (χ0n) is 8.03. The fraction of sp³-hybridized carbons (Fsp3) is 0.500. The Labute approximate surface area is 91.9 Å². The number of aromatic amines is 2. The third-order valence-electron chi connectivity index (χ3n) is 2.31. The van der Waals surface area contributed by atoms with Crippen LogP contribution in [0.4, 0.5) is 5.82 Å². The zero-order valence-corrected chi connectivity index (χ0v) is 8.84. The van der Waals surface area contributed by atoms with Gasteiger partial charge >= 0.3 is 5.69 Å². The second-order valence-corrected chi connectivity index (χ2v) is 3.47. The average molecular weight is 233 g/mol. The molecule has 15 heavy (non-hydrogen) atoms. The van der Waals surface area contributed by atoms with E-state index in [0.29, 0.717) is 12.4 Å². The summed E-state index contributed by atoms with van der Waals surface area (Å²) in [5.74, 6) is 0.548. The van der Waals surface area contributed by atoms with Gasteiger partial charge in [-0.05, 0) is 6.42 Å². The normalized spacial score (nSPS) is 20.1. The number of H-pyrrole nitrogens is 2. The van der Waals surface area contributed by atoms with Crippen LogP contribution >= 0.6 is 12.4 Å². The number of hydrogen-bond donors (Lipinski definition) is 3. The molecule has 0 saturated carbocycles. The van der Waals surface area contributed by atoms with Crippen molar-refractivity contribution in [3.05, 3.63) is 26.9 Å². The van der Waals surface area contributed by atoms with Crippen molar-refractivity contribution in [1.29, 1.82) is 0 Å². The number of nitrogens with two attached hydrogens (primary N) is 1. The molecule has 6 nitrogen and oxygen atoms in total. The molecule has 1 aliphatic heterocycles. The minimum absolute atomic E-state index is 0. The highest BCUT2D eigenvalue weighted by Gasteiger charge is 2.19. The maximum atomic E-state index is 11.0. The molecule has 1 aliphatic rings.